The first-order chi connectivity index (χ1) is 10.8. The number of hydrogen-bond acceptors (Lipinski definition) is 3. The fourth-order valence-corrected chi connectivity index (χ4v) is 3.12. The molecule has 1 N–H and O–H groups in total. The van der Waals surface area contributed by atoms with Crippen LogP contribution >= 0.6 is 11.6 Å². The minimum absolute atomic E-state index is 0.0234. The van der Waals surface area contributed by atoms with Gasteiger partial charge < -0.3 is 10.0 Å². The van der Waals surface area contributed by atoms with Gasteiger partial charge in [0.15, 0.2) is 0 Å². The molecule has 0 saturated carbocycles. The summed E-state index contributed by atoms with van der Waals surface area (Å²) in [4.78, 5) is 15.4. The number of amides is 1. The van der Waals surface area contributed by atoms with E-state index < -0.39 is 11.4 Å². The van der Waals surface area contributed by atoms with Crippen LogP contribution in [0.2, 0.25) is 5.02 Å². The maximum Gasteiger partial charge on any atom is 0.222 e. The first-order valence-corrected chi connectivity index (χ1v) is 8.26. The molecule has 1 aliphatic heterocycles. The van der Waals surface area contributed by atoms with E-state index in [-0.39, 0.29) is 10.9 Å². The number of piperidine rings is 1. The van der Waals surface area contributed by atoms with Crippen LogP contribution in [0.25, 0.3) is 0 Å². The number of aliphatic hydroxyl groups is 1. The summed E-state index contributed by atoms with van der Waals surface area (Å²) in [5.41, 5.74) is -0.0185. The molecule has 2 rings (SSSR count). The Balaban J connectivity index is 1.94. The van der Waals surface area contributed by atoms with E-state index in [2.05, 4.69) is 4.90 Å². The van der Waals surface area contributed by atoms with E-state index in [1.165, 1.54) is 6.07 Å². The Morgan fingerprint density at radius 2 is 2.22 bits per heavy atom. The summed E-state index contributed by atoms with van der Waals surface area (Å²) in [5.74, 6) is -0.400. The van der Waals surface area contributed by atoms with Gasteiger partial charge >= 0.3 is 0 Å². The Kier molecular flexibility index (Phi) is 6.00. The average molecular weight is 343 g/mol. The van der Waals surface area contributed by atoms with Crippen LogP contribution in [0.3, 0.4) is 0 Å². The lowest BCUT2D eigenvalue weighted by atomic mass is 9.88. The predicted molar refractivity (Wildman–Crippen MR) is 88.8 cm³/mol. The van der Waals surface area contributed by atoms with Crippen molar-refractivity contribution in [1.82, 2.24) is 9.80 Å². The summed E-state index contributed by atoms with van der Waals surface area (Å²) in [5, 5.41) is 10.9. The van der Waals surface area contributed by atoms with Crippen molar-refractivity contribution >= 4 is 17.5 Å². The number of benzene rings is 1. The molecule has 0 radical (unpaired) electrons. The molecule has 1 amide bonds. The van der Waals surface area contributed by atoms with E-state index in [0.717, 1.165) is 18.5 Å². The quantitative estimate of drug-likeness (QED) is 0.894. The third kappa shape index (κ3) is 5.16. The molecule has 0 unspecified atom stereocenters. The molecule has 1 aromatic carbocycles. The van der Waals surface area contributed by atoms with Crippen LogP contribution in [0.4, 0.5) is 4.39 Å². The van der Waals surface area contributed by atoms with Crippen LogP contribution in [0.1, 0.15) is 31.2 Å². The molecule has 1 atom stereocenters. The van der Waals surface area contributed by atoms with Crippen molar-refractivity contribution < 1.29 is 14.3 Å². The number of β-amino-alcohol motifs (C(OH)–C–C–N with tert-alkyl or cyclic N) is 1. The second-order valence-electron chi connectivity index (χ2n) is 6.58. The largest absolute Gasteiger partial charge is 0.389 e. The Bertz CT molecular complexity index is 568. The molecule has 0 aromatic heterocycles. The van der Waals surface area contributed by atoms with Gasteiger partial charge in [0.1, 0.15) is 5.82 Å². The minimum Gasteiger partial charge on any atom is -0.389 e. The van der Waals surface area contributed by atoms with E-state index in [4.69, 9.17) is 11.6 Å². The van der Waals surface area contributed by atoms with Crippen molar-refractivity contribution in [2.24, 2.45) is 0 Å². The average Bonchev–Trinajstić information content (AvgIpc) is 2.48. The summed E-state index contributed by atoms with van der Waals surface area (Å²) >= 11 is 5.70. The Morgan fingerprint density at radius 3 is 2.87 bits per heavy atom. The molecule has 1 aromatic rings. The molecular weight excluding hydrogens is 319 g/mol. The van der Waals surface area contributed by atoms with Crippen molar-refractivity contribution in [2.75, 3.05) is 27.2 Å². The normalized spacial score (nSPS) is 22.1. The van der Waals surface area contributed by atoms with Gasteiger partial charge in [0.05, 0.1) is 10.6 Å². The highest BCUT2D eigenvalue weighted by atomic mass is 35.5. The maximum absolute atomic E-state index is 13.5. The van der Waals surface area contributed by atoms with E-state index in [0.29, 0.717) is 32.4 Å². The number of nitrogens with zero attached hydrogens (tertiary/aromatic N) is 2. The topological polar surface area (TPSA) is 43.8 Å². The van der Waals surface area contributed by atoms with Crippen LogP contribution in [0, 0.1) is 5.82 Å². The molecule has 6 heteroatoms. The first-order valence-electron chi connectivity index (χ1n) is 7.88. The standard InChI is InChI=1S/C17H24ClFN2O2/c1-20(2)16(22)6-8-17(23)7-3-9-21(12-17)11-13-4-5-14(18)15(19)10-13/h4-5,10,23H,3,6-9,11-12H2,1-2H3/t17-/m1/s1. The smallest absolute Gasteiger partial charge is 0.222 e. The molecule has 23 heavy (non-hydrogen) atoms. The van der Waals surface area contributed by atoms with Crippen LogP contribution < -0.4 is 0 Å². The first kappa shape index (κ1) is 18.2. The molecule has 1 aliphatic rings. The molecule has 4 nitrogen and oxygen atoms in total. The zero-order valence-electron chi connectivity index (χ0n) is 13.7. The number of halogens is 2. The van der Waals surface area contributed by atoms with Crippen molar-refractivity contribution in [3.8, 4) is 0 Å². The summed E-state index contributed by atoms with van der Waals surface area (Å²) in [6.07, 6.45) is 2.35. The fourth-order valence-electron chi connectivity index (χ4n) is 3.00. The van der Waals surface area contributed by atoms with Gasteiger partial charge in [-0.2, -0.15) is 0 Å². The lowest BCUT2D eigenvalue weighted by Crippen LogP contribution is -2.48. The van der Waals surface area contributed by atoms with E-state index in [9.17, 15) is 14.3 Å². The number of rotatable bonds is 5. The van der Waals surface area contributed by atoms with Crippen LogP contribution in [0.15, 0.2) is 18.2 Å². The zero-order chi connectivity index (χ0) is 17.0. The predicted octanol–water partition coefficient (Wildman–Crippen LogP) is 2.67. The molecule has 0 spiro atoms. The third-order valence-corrected chi connectivity index (χ3v) is 4.63. The maximum atomic E-state index is 13.5. The second-order valence-corrected chi connectivity index (χ2v) is 6.98. The second kappa shape index (κ2) is 7.60. The van der Waals surface area contributed by atoms with E-state index in [1.54, 1.807) is 31.1 Å². The van der Waals surface area contributed by atoms with Gasteiger partial charge in [-0.3, -0.25) is 9.69 Å². The molecule has 0 bridgehead atoms. The summed E-state index contributed by atoms with van der Waals surface area (Å²) < 4.78 is 13.5. The van der Waals surface area contributed by atoms with Gasteiger partial charge in [-0.1, -0.05) is 17.7 Å². The van der Waals surface area contributed by atoms with Gasteiger partial charge in [0.2, 0.25) is 5.91 Å². The highest BCUT2D eigenvalue weighted by molar-refractivity contribution is 6.30. The van der Waals surface area contributed by atoms with E-state index >= 15 is 0 Å². The van der Waals surface area contributed by atoms with Crippen molar-refractivity contribution in [3.63, 3.8) is 0 Å². The molecule has 1 saturated heterocycles. The van der Waals surface area contributed by atoms with Gasteiger partial charge in [0, 0.05) is 33.6 Å². The third-order valence-electron chi connectivity index (χ3n) is 4.33. The fraction of sp³-hybridized carbons (Fsp3) is 0.588. The van der Waals surface area contributed by atoms with Crippen LogP contribution in [0.5, 0.6) is 0 Å². The molecule has 1 heterocycles. The highest BCUT2D eigenvalue weighted by Crippen LogP contribution is 2.27. The van der Waals surface area contributed by atoms with Crippen molar-refractivity contribution in [3.05, 3.63) is 34.6 Å². The molecule has 128 valence electrons. The van der Waals surface area contributed by atoms with Gasteiger partial charge in [-0.15, -0.1) is 0 Å². The molecule has 0 aliphatic carbocycles. The SMILES string of the molecule is CN(C)C(=O)CC[C@]1(O)CCCN(Cc2ccc(Cl)c(F)c2)C1. The monoisotopic (exact) mass is 342 g/mol. The van der Waals surface area contributed by atoms with Gasteiger partial charge in [-0.05, 0) is 43.5 Å². The zero-order valence-corrected chi connectivity index (χ0v) is 14.4. The van der Waals surface area contributed by atoms with E-state index in [1.807, 2.05) is 0 Å². The number of carbonyl (C=O) groups is 1. The Labute approximate surface area is 141 Å². The molecular formula is C17H24ClFN2O2. The minimum atomic E-state index is -0.852. The number of carbonyl (C=O) groups excluding carboxylic acids is 1. The summed E-state index contributed by atoms with van der Waals surface area (Å²) in [6, 6.07) is 4.79. The lowest BCUT2D eigenvalue weighted by molar-refractivity contribution is -0.130. The number of likely N-dealkylation sites (tertiary alicyclic amines) is 1. The Hall–Kier alpha value is -1.17. The summed E-state index contributed by atoms with van der Waals surface area (Å²) in [7, 11) is 3.43. The van der Waals surface area contributed by atoms with Crippen LogP contribution in [-0.4, -0.2) is 53.6 Å². The molecule has 1 fully saturated rings. The van der Waals surface area contributed by atoms with Gasteiger partial charge in [0.25, 0.3) is 0 Å². The van der Waals surface area contributed by atoms with Gasteiger partial charge in [-0.25, -0.2) is 4.39 Å². The summed E-state index contributed by atoms with van der Waals surface area (Å²) in [6.45, 7) is 1.92. The highest BCUT2D eigenvalue weighted by Gasteiger charge is 2.33. The lowest BCUT2D eigenvalue weighted by Gasteiger charge is -2.39. The van der Waals surface area contributed by atoms with Crippen molar-refractivity contribution in [2.45, 2.75) is 37.8 Å². The van der Waals surface area contributed by atoms with Crippen LogP contribution in [-0.2, 0) is 11.3 Å². The Morgan fingerprint density at radius 1 is 1.48 bits per heavy atom. The number of hydrogen-bond donors (Lipinski definition) is 1. The van der Waals surface area contributed by atoms with Crippen molar-refractivity contribution in [1.29, 1.82) is 0 Å².